The number of amides is 3. The van der Waals surface area contributed by atoms with Crippen LogP contribution in [-0.4, -0.2) is 111 Å². The zero-order valence-corrected chi connectivity index (χ0v) is 22.7. The second-order valence-corrected chi connectivity index (χ2v) is 12.8. The van der Waals surface area contributed by atoms with Crippen molar-refractivity contribution in [1.82, 2.24) is 24.3 Å². The highest BCUT2D eigenvalue weighted by Gasteiger charge is 2.39. The van der Waals surface area contributed by atoms with E-state index in [9.17, 15) is 22.8 Å². The Labute approximate surface area is 220 Å². The fourth-order valence-corrected chi connectivity index (χ4v) is 6.90. The molecule has 36 heavy (non-hydrogen) atoms. The number of rotatable bonds is 7. The summed E-state index contributed by atoms with van der Waals surface area (Å²) in [7, 11) is -1.85. The normalized spacial score (nSPS) is 24.2. The maximum Gasteiger partial charge on any atom is 0.245 e. The molecule has 0 spiro atoms. The van der Waals surface area contributed by atoms with E-state index < -0.39 is 28.0 Å². The first kappa shape index (κ1) is 27.1. The van der Waals surface area contributed by atoms with E-state index in [4.69, 9.17) is 11.6 Å². The quantitative estimate of drug-likeness (QED) is 0.536. The van der Waals surface area contributed by atoms with Gasteiger partial charge in [-0.1, -0.05) is 11.6 Å². The van der Waals surface area contributed by atoms with Gasteiger partial charge in [-0.25, -0.2) is 8.42 Å². The zero-order valence-electron chi connectivity index (χ0n) is 20.3. The van der Waals surface area contributed by atoms with Crippen molar-refractivity contribution in [3.63, 3.8) is 0 Å². The molecule has 0 saturated carbocycles. The van der Waals surface area contributed by atoms with E-state index in [1.54, 1.807) is 17.0 Å². The number of hydrogen-bond donors (Lipinski definition) is 1. The standard InChI is InChI=1S/C23H32ClN5O5S2/c1-26-11-13-27(14-12-26)23(32)19-5-3-10-29(19)21(30)16-28-9-2-4-18(22(28)31)25-36(33,34)15-8-17-6-7-20(24)35-17/h6-8,15,18-19,25H,2-5,9-14,16H2,1H3/b15-8+/t18-,19-/m0/s1. The number of piperidine rings is 1. The highest BCUT2D eigenvalue weighted by atomic mass is 35.5. The van der Waals surface area contributed by atoms with E-state index in [0.717, 1.165) is 24.9 Å². The van der Waals surface area contributed by atoms with Crippen molar-refractivity contribution in [3.05, 3.63) is 26.8 Å². The van der Waals surface area contributed by atoms with Gasteiger partial charge in [0.25, 0.3) is 0 Å². The van der Waals surface area contributed by atoms with E-state index in [0.29, 0.717) is 54.7 Å². The van der Waals surface area contributed by atoms with Crippen LogP contribution in [0.15, 0.2) is 17.5 Å². The minimum absolute atomic E-state index is 0.0247. The van der Waals surface area contributed by atoms with Gasteiger partial charge in [0, 0.05) is 49.6 Å². The largest absolute Gasteiger partial charge is 0.338 e. The molecule has 0 aliphatic carbocycles. The Morgan fingerprint density at radius 1 is 1.11 bits per heavy atom. The van der Waals surface area contributed by atoms with Gasteiger partial charge in [-0.15, -0.1) is 11.3 Å². The summed E-state index contributed by atoms with van der Waals surface area (Å²) >= 11 is 7.12. The third kappa shape index (κ3) is 6.65. The van der Waals surface area contributed by atoms with Crippen LogP contribution in [0.25, 0.3) is 6.08 Å². The molecule has 13 heteroatoms. The third-order valence-corrected chi connectivity index (χ3v) is 9.15. The second kappa shape index (κ2) is 11.6. The van der Waals surface area contributed by atoms with Crippen LogP contribution in [0.1, 0.15) is 30.6 Å². The molecule has 10 nitrogen and oxygen atoms in total. The molecule has 3 saturated heterocycles. The maximum atomic E-state index is 13.2. The molecule has 198 valence electrons. The second-order valence-electron chi connectivity index (χ2n) is 9.44. The van der Waals surface area contributed by atoms with E-state index in [-0.39, 0.29) is 18.4 Å². The van der Waals surface area contributed by atoms with Gasteiger partial charge in [-0.2, -0.15) is 4.72 Å². The van der Waals surface area contributed by atoms with Crippen molar-refractivity contribution in [2.75, 3.05) is 52.9 Å². The third-order valence-electron chi connectivity index (χ3n) is 6.84. The highest BCUT2D eigenvalue weighted by Crippen LogP contribution is 2.24. The molecular formula is C23H32ClN5O5S2. The van der Waals surface area contributed by atoms with Gasteiger partial charge in [0.2, 0.25) is 27.7 Å². The number of carbonyl (C=O) groups is 3. The number of likely N-dealkylation sites (N-methyl/N-ethyl adjacent to an activating group) is 1. The van der Waals surface area contributed by atoms with Gasteiger partial charge < -0.3 is 19.6 Å². The van der Waals surface area contributed by atoms with Crippen LogP contribution in [0.5, 0.6) is 0 Å². The number of carbonyl (C=O) groups excluding carboxylic acids is 3. The molecule has 3 amide bonds. The average Bonchev–Trinajstić information content (AvgIpc) is 3.49. The Morgan fingerprint density at radius 2 is 1.83 bits per heavy atom. The average molecular weight is 558 g/mol. The number of piperazine rings is 1. The summed E-state index contributed by atoms with van der Waals surface area (Å²) in [6.07, 6.45) is 3.72. The molecule has 1 N–H and O–H groups in total. The molecule has 1 aromatic rings. The van der Waals surface area contributed by atoms with E-state index in [1.165, 1.54) is 22.3 Å². The van der Waals surface area contributed by atoms with Crippen molar-refractivity contribution in [2.45, 2.75) is 37.8 Å². The van der Waals surface area contributed by atoms with Crippen LogP contribution in [0.3, 0.4) is 0 Å². The Balaban J connectivity index is 1.34. The van der Waals surface area contributed by atoms with Crippen molar-refractivity contribution in [1.29, 1.82) is 0 Å². The molecule has 3 aliphatic heterocycles. The molecular weight excluding hydrogens is 526 g/mol. The first-order valence-electron chi connectivity index (χ1n) is 12.1. The number of likely N-dealkylation sites (tertiary alicyclic amines) is 2. The highest BCUT2D eigenvalue weighted by molar-refractivity contribution is 7.92. The van der Waals surface area contributed by atoms with Crippen LogP contribution < -0.4 is 4.72 Å². The molecule has 3 fully saturated rings. The molecule has 0 aromatic carbocycles. The SMILES string of the molecule is CN1CCN(C(=O)[C@@H]2CCCN2C(=O)CN2CCC[C@H](NS(=O)(=O)/C=C/c3ccc(Cl)s3)C2=O)CC1. The van der Waals surface area contributed by atoms with E-state index >= 15 is 0 Å². The Hall–Kier alpha value is -1.99. The lowest BCUT2D eigenvalue weighted by Crippen LogP contribution is -2.57. The fraction of sp³-hybridized carbons (Fsp3) is 0.609. The van der Waals surface area contributed by atoms with Crippen LogP contribution in [0, 0.1) is 0 Å². The molecule has 0 bridgehead atoms. The summed E-state index contributed by atoms with van der Waals surface area (Å²) in [5.74, 6) is -0.721. The Bertz CT molecular complexity index is 1120. The van der Waals surface area contributed by atoms with E-state index in [2.05, 4.69) is 9.62 Å². The summed E-state index contributed by atoms with van der Waals surface area (Å²) in [6, 6.07) is 1.95. The summed E-state index contributed by atoms with van der Waals surface area (Å²) in [5, 5.41) is 1.02. The van der Waals surface area contributed by atoms with Crippen LogP contribution >= 0.6 is 22.9 Å². The predicted molar refractivity (Wildman–Crippen MR) is 139 cm³/mol. The first-order valence-corrected chi connectivity index (χ1v) is 14.9. The lowest BCUT2D eigenvalue weighted by atomic mass is 10.1. The van der Waals surface area contributed by atoms with Crippen molar-refractivity contribution < 1.29 is 22.8 Å². The number of nitrogens with one attached hydrogen (secondary N) is 1. The van der Waals surface area contributed by atoms with Crippen LogP contribution in [0.4, 0.5) is 0 Å². The number of sulfonamides is 1. The summed E-state index contributed by atoms with van der Waals surface area (Å²) in [6.45, 7) is 3.61. The van der Waals surface area contributed by atoms with Crippen molar-refractivity contribution in [3.8, 4) is 0 Å². The number of thiophene rings is 1. The molecule has 4 rings (SSSR count). The smallest absolute Gasteiger partial charge is 0.245 e. The zero-order chi connectivity index (χ0) is 25.9. The predicted octanol–water partition coefficient (Wildman–Crippen LogP) is 1.05. The molecule has 0 radical (unpaired) electrons. The molecule has 3 aliphatic rings. The van der Waals surface area contributed by atoms with Gasteiger partial charge in [0.05, 0.1) is 10.9 Å². The van der Waals surface area contributed by atoms with Gasteiger partial charge in [-0.05, 0) is 50.9 Å². The van der Waals surface area contributed by atoms with Crippen LogP contribution in [0.2, 0.25) is 4.34 Å². The summed E-state index contributed by atoms with van der Waals surface area (Å²) in [4.78, 5) is 47.0. The molecule has 4 heterocycles. The minimum atomic E-state index is -3.87. The van der Waals surface area contributed by atoms with Gasteiger partial charge in [-0.3, -0.25) is 14.4 Å². The molecule has 2 atom stereocenters. The van der Waals surface area contributed by atoms with Gasteiger partial charge >= 0.3 is 0 Å². The van der Waals surface area contributed by atoms with Gasteiger partial charge in [0.1, 0.15) is 12.1 Å². The van der Waals surface area contributed by atoms with E-state index in [1.807, 2.05) is 11.9 Å². The lowest BCUT2D eigenvalue weighted by Gasteiger charge is -2.37. The van der Waals surface area contributed by atoms with Crippen molar-refractivity contribution in [2.24, 2.45) is 0 Å². The summed E-state index contributed by atoms with van der Waals surface area (Å²) < 4.78 is 28.1. The maximum absolute atomic E-state index is 13.2. The first-order chi connectivity index (χ1) is 17.1. The lowest BCUT2D eigenvalue weighted by molar-refractivity contribution is -0.148. The minimum Gasteiger partial charge on any atom is -0.338 e. The number of halogens is 1. The monoisotopic (exact) mass is 557 g/mol. The van der Waals surface area contributed by atoms with Crippen molar-refractivity contribution >= 4 is 56.8 Å². The topological polar surface area (TPSA) is 110 Å². The Morgan fingerprint density at radius 3 is 2.53 bits per heavy atom. The summed E-state index contributed by atoms with van der Waals surface area (Å²) in [5.41, 5.74) is 0. The fourth-order valence-electron chi connectivity index (χ4n) is 4.83. The molecule has 1 aromatic heterocycles. The number of hydrogen-bond acceptors (Lipinski definition) is 7. The Kier molecular flexibility index (Phi) is 8.71. The van der Waals surface area contributed by atoms with Gasteiger partial charge in [0.15, 0.2) is 0 Å². The number of nitrogens with zero attached hydrogens (tertiary/aromatic N) is 4. The molecule has 0 unspecified atom stereocenters. The van der Waals surface area contributed by atoms with Crippen LogP contribution in [-0.2, 0) is 24.4 Å².